The summed E-state index contributed by atoms with van der Waals surface area (Å²) in [5.41, 5.74) is 12.1. The number of hydrogen-bond acceptors (Lipinski definition) is 16. The number of aryl methyl sites for hydroxylation is 1. The lowest BCUT2D eigenvalue weighted by Crippen LogP contribution is -2.59. The van der Waals surface area contributed by atoms with Crippen molar-refractivity contribution in [2.75, 3.05) is 45.2 Å². The molecule has 3 saturated heterocycles. The van der Waals surface area contributed by atoms with Gasteiger partial charge in [-0.1, -0.05) is 12.1 Å². The molecule has 19 nitrogen and oxygen atoms in total. The maximum Gasteiger partial charge on any atom is 0.330 e. The number of unbranched alkanes of at least 4 members (excludes halogenated alkanes) is 1. The Labute approximate surface area is 352 Å². The summed E-state index contributed by atoms with van der Waals surface area (Å²) in [4.78, 5) is 56.2. The highest BCUT2D eigenvalue weighted by Crippen LogP contribution is 2.35. The smallest absolute Gasteiger partial charge is 0.330 e. The molecule has 10 unspecified atom stereocenters. The number of aromatic amines is 1. The van der Waals surface area contributed by atoms with Crippen LogP contribution >= 0.6 is 0 Å². The fraction of sp³-hybridized carbons (Fsp3) is 0.571. The summed E-state index contributed by atoms with van der Waals surface area (Å²) in [5, 5.41) is 43.4. The minimum Gasteiger partial charge on any atom is -0.497 e. The molecule has 3 aliphatic heterocycles. The van der Waals surface area contributed by atoms with E-state index < -0.39 is 78.4 Å². The first-order chi connectivity index (χ1) is 29.3. The van der Waals surface area contributed by atoms with Crippen LogP contribution in [-0.4, -0.2) is 148 Å². The molecule has 3 aliphatic rings. The Hall–Kier alpha value is -4.70. The third-order valence-electron chi connectivity index (χ3n) is 11.7. The fourth-order valence-corrected chi connectivity index (χ4v) is 8.14. The quantitative estimate of drug-likeness (QED) is 0.0683. The largest absolute Gasteiger partial charge is 0.497 e. The number of likely N-dealkylation sites (N-methyl/N-ethyl adjacent to an activating group) is 1. The van der Waals surface area contributed by atoms with Crippen molar-refractivity contribution >= 4 is 17.4 Å². The lowest BCUT2D eigenvalue weighted by Gasteiger charge is -2.37. The van der Waals surface area contributed by atoms with Crippen LogP contribution in [0.4, 0.5) is 5.69 Å². The molecule has 2 aromatic carbocycles. The van der Waals surface area contributed by atoms with Gasteiger partial charge >= 0.3 is 5.69 Å². The van der Waals surface area contributed by atoms with Gasteiger partial charge in [-0.25, -0.2) is 4.79 Å². The molecular formula is C42H58N6O13. The summed E-state index contributed by atoms with van der Waals surface area (Å²) in [5.74, 6) is 0.784. The van der Waals surface area contributed by atoms with Crippen LogP contribution in [0.5, 0.6) is 11.5 Å². The van der Waals surface area contributed by atoms with Crippen molar-refractivity contribution in [1.29, 1.82) is 0 Å². The van der Waals surface area contributed by atoms with Crippen LogP contribution in [0, 0.1) is 0 Å². The number of nitrogens with two attached hydrogens (primary N) is 2. The predicted molar refractivity (Wildman–Crippen MR) is 220 cm³/mol. The standard InChI is InChI=1S/C42H58N6O13/c1-46(19-4-3-5-26(49)11-8-24-6-9-25(10-7-24)47-20-16-29(17-21-47)58-28-14-12-27(57-2)13-15-28)32(39(44)55)37(61-41-36(54)33(51)30(23-43)59-41)38-34(52)35(53)40(60-38)48-22-18-31(50)45-42(48)56/h6-7,9-10,12-15,18,22,29-30,32-38,40-41,51-54H,3-5,8,11,16-17,19-21,23,43H2,1-2H3,(H2,44,55)(H,45,50,56). The predicted octanol–water partition coefficient (Wildman–Crippen LogP) is -0.839. The van der Waals surface area contributed by atoms with Gasteiger partial charge < -0.3 is 60.5 Å². The van der Waals surface area contributed by atoms with E-state index in [1.54, 1.807) is 14.2 Å². The molecule has 0 spiro atoms. The number of carbonyl (C=O) groups is 2. The molecule has 19 heteroatoms. The van der Waals surface area contributed by atoms with Gasteiger partial charge in [-0.2, -0.15) is 0 Å². The Balaban J connectivity index is 0.997. The van der Waals surface area contributed by atoms with Crippen molar-refractivity contribution in [3.05, 3.63) is 87.2 Å². The van der Waals surface area contributed by atoms with Crippen LogP contribution < -0.4 is 37.1 Å². The van der Waals surface area contributed by atoms with Crippen molar-refractivity contribution in [3.63, 3.8) is 0 Å². The summed E-state index contributed by atoms with van der Waals surface area (Å²) in [7, 11) is 3.21. The zero-order valence-electron chi connectivity index (χ0n) is 34.4. The van der Waals surface area contributed by atoms with Gasteiger partial charge in [-0.15, -0.1) is 0 Å². The van der Waals surface area contributed by atoms with Gasteiger partial charge in [0.25, 0.3) is 5.56 Å². The number of piperidine rings is 1. The minimum absolute atomic E-state index is 0.0821. The van der Waals surface area contributed by atoms with Gasteiger partial charge in [0.1, 0.15) is 72.2 Å². The summed E-state index contributed by atoms with van der Waals surface area (Å²) in [6, 6.07) is 15.6. The second-order valence-electron chi connectivity index (χ2n) is 15.8. The molecule has 0 radical (unpaired) electrons. The number of aliphatic hydroxyl groups excluding tert-OH is 4. The lowest BCUT2D eigenvalue weighted by atomic mass is 9.97. The molecule has 0 aliphatic carbocycles. The molecule has 61 heavy (non-hydrogen) atoms. The van der Waals surface area contributed by atoms with Gasteiger partial charge in [-0.05, 0) is 74.8 Å². The SMILES string of the molecule is COc1ccc(OC2CCN(c3ccc(CCC(=O)CCCCN(C)C(C(N)=O)C(OC4OC(CN)C(O)C4O)C4OC(n5ccc(=O)[nH]c5=O)C(O)C4O)cc3)CC2)cc1. The number of H-pyrrole nitrogens is 1. The third kappa shape index (κ3) is 11.2. The number of hydrogen-bond donors (Lipinski definition) is 7. The van der Waals surface area contributed by atoms with E-state index >= 15 is 0 Å². The fourth-order valence-electron chi connectivity index (χ4n) is 8.14. The van der Waals surface area contributed by atoms with E-state index in [9.17, 15) is 39.6 Å². The number of Topliss-reactive ketones (excluding diaryl/α,β-unsaturated/α-hetero) is 1. The third-order valence-corrected chi connectivity index (χ3v) is 11.7. The van der Waals surface area contributed by atoms with Gasteiger partial charge in [0.2, 0.25) is 5.91 Å². The number of nitrogens with zero attached hydrogens (tertiary/aromatic N) is 3. The molecule has 1 amide bonds. The number of ketones is 1. The van der Waals surface area contributed by atoms with E-state index in [0.29, 0.717) is 32.1 Å². The molecule has 4 heterocycles. The number of primary amides is 1. The van der Waals surface area contributed by atoms with Gasteiger partial charge in [0.05, 0.1) is 7.11 Å². The van der Waals surface area contributed by atoms with Gasteiger partial charge in [0.15, 0.2) is 12.5 Å². The van der Waals surface area contributed by atoms with E-state index in [0.717, 1.165) is 65.5 Å². The molecule has 3 fully saturated rings. The minimum atomic E-state index is -1.77. The summed E-state index contributed by atoms with van der Waals surface area (Å²) in [6.07, 6.45) is -8.51. The highest BCUT2D eigenvalue weighted by atomic mass is 16.7. The number of nitrogens with one attached hydrogen (secondary N) is 1. The first kappa shape index (κ1) is 45.8. The second-order valence-corrected chi connectivity index (χ2v) is 15.8. The van der Waals surface area contributed by atoms with Gasteiger partial charge in [-0.3, -0.25) is 28.8 Å². The average Bonchev–Trinajstić information content (AvgIpc) is 3.70. The Kier molecular flexibility index (Phi) is 15.7. The van der Waals surface area contributed by atoms with Crippen LogP contribution in [0.1, 0.15) is 50.3 Å². The topological polar surface area (TPSA) is 275 Å². The van der Waals surface area contributed by atoms with Crippen molar-refractivity contribution in [2.24, 2.45) is 11.5 Å². The van der Waals surface area contributed by atoms with Crippen LogP contribution in [0.2, 0.25) is 0 Å². The summed E-state index contributed by atoms with van der Waals surface area (Å²) < 4.78 is 29.9. The first-order valence-corrected chi connectivity index (χ1v) is 20.6. The van der Waals surface area contributed by atoms with Crippen molar-refractivity contribution in [1.82, 2.24) is 14.5 Å². The Morgan fingerprint density at radius 2 is 1.59 bits per heavy atom. The average molecular weight is 855 g/mol. The number of aromatic nitrogens is 2. The number of rotatable bonds is 20. The molecule has 1 aromatic heterocycles. The molecule has 6 rings (SSSR count). The van der Waals surface area contributed by atoms with Crippen molar-refractivity contribution in [3.8, 4) is 11.5 Å². The van der Waals surface area contributed by atoms with E-state index in [1.165, 1.54) is 4.90 Å². The number of ether oxygens (including phenoxy) is 5. The molecule has 10 atom stereocenters. The van der Waals surface area contributed by atoms with Crippen LogP contribution in [0.3, 0.4) is 0 Å². The first-order valence-electron chi connectivity index (χ1n) is 20.6. The summed E-state index contributed by atoms with van der Waals surface area (Å²) in [6.45, 7) is 1.80. The zero-order chi connectivity index (χ0) is 43.8. The number of anilines is 1. The van der Waals surface area contributed by atoms with Crippen molar-refractivity contribution in [2.45, 2.75) is 112 Å². The maximum absolute atomic E-state index is 13.1. The zero-order valence-corrected chi connectivity index (χ0v) is 34.4. The monoisotopic (exact) mass is 854 g/mol. The Morgan fingerprint density at radius 3 is 2.21 bits per heavy atom. The van der Waals surface area contributed by atoms with E-state index in [4.69, 9.17) is 35.2 Å². The number of amides is 1. The highest BCUT2D eigenvalue weighted by Gasteiger charge is 2.54. The molecule has 334 valence electrons. The van der Waals surface area contributed by atoms with Crippen LogP contribution in [0.25, 0.3) is 0 Å². The molecule has 0 bridgehead atoms. The summed E-state index contributed by atoms with van der Waals surface area (Å²) >= 11 is 0. The molecular weight excluding hydrogens is 796 g/mol. The number of methoxy groups -OCH3 is 1. The van der Waals surface area contributed by atoms with E-state index in [-0.39, 0.29) is 25.0 Å². The number of benzene rings is 2. The van der Waals surface area contributed by atoms with Crippen LogP contribution in [-0.2, 0) is 30.2 Å². The van der Waals surface area contributed by atoms with E-state index in [2.05, 4.69) is 34.1 Å². The lowest BCUT2D eigenvalue weighted by molar-refractivity contribution is -0.232. The normalized spacial score (nSPS) is 26.7. The Bertz CT molecular complexity index is 2010. The maximum atomic E-state index is 13.1. The number of aliphatic hydroxyl groups is 4. The molecule has 0 saturated carbocycles. The second kappa shape index (κ2) is 20.9. The Morgan fingerprint density at radius 1 is 0.902 bits per heavy atom. The molecule has 9 N–H and O–H groups in total. The van der Waals surface area contributed by atoms with Crippen LogP contribution in [0.15, 0.2) is 70.4 Å². The highest BCUT2D eigenvalue weighted by molar-refractivity contribution is 5.81. The molecule has 3 aromatic rings. The van der Waals surface area contributed by atoms with E-state index in [1.807, 2.05) is 24.3 Å². The van der Waals surface area contributed by atoms with Gasteiger partial charge in [0, 0.05) is 63.3 Å². The number of carbonyl (C=O) groups excluding carboxylic acids is 2. The van der Waals surface area contributed by atoms with Crippen molar-refractivity contribution < 1.29 is 53.7 Å².